The Hall–Kier alpha value is -3.26. The lowest BCUT2D eigenvalue weighted by molar-refractivity contribution is -0.142. The highest BCUT2D eigenvalue weighted by atomic mass is 32.2. The molecule has 0 spiro atoms. The number of alkyl halides is 3. The van der Waals surface area contributed by atoms with Crippen molar-refractivity contribution in [2.24, 2.45) is 0 Å². The Balaban J connectivity index is 2.22. The van der Waals surface area contributed by atoms with Crippen LogP contribution in [-0.4, -0.2) is 80.4 Å². The number of nitrogens with one attached hydrogen (secondary N) is 2. The van der Waals surface area contributed by atoms with Crippen molar-refractivity contribution in [3.63, 3.8) is 0 Å². The van der Waals surface area contributed by atoms with Crippen LogP contribution < -0.4 is 5.32 Å². The first-order valence-electron chi connectivity index (χ1n) is 10.5. The summed E-state index contributed by atoms with van der Waals surface area (Å²) >= 11 is 0. The van der Waals surface area contributed by atoms with E-state index in [1.165, 1.54) is 24.3 Å². The molecule has 0 atom stereocenters. The molecule has 192 valence electrons. The van der Waals surface area contributed by atoms with E-state index in [-0.39, 0.29) is 22.9 Å². The van der Waals surface area contributed by atoms with Gasteiger partial charge in [0, 0.05) is 18.4 Å². The highest BCUT2D eigenvalue weighted by Gasteiger charge is 2.33. The largest absolute Gasteiger partial charge is 0.463 e. The first kappa shape index (κ1) is 28.0. The summed E-state index contributed by atoms with van der Waals surface area (Å²) in [6.07, 6.45) is -3.53. The second kappa shape index (κ2) is 11.9. The molecule has 1 heterocycles. The van der Waals surface area contributed by atoms with Crippen LogP contribution in [0.3, 0.4) is 0 Å². The summed E-state index contributed by atoms with van der Waals surface area (Å²) in [6, 6.07) is 5.59. The summed E-state index contributed by atoms with van der Waals surface area (Å²) in [5.41, 5.74) is -1.90. The van der Waals surface area contributed by atoms with Crippen LogP contribution >= 0.6 is 0 Å². The van der Waals surface area contributed by atoms with Crippen molar-refractivity contribution in [3.8, 4) is 11.4 Å². The number of carbonyl (C=O) groups is 1. The van der Waals surface area contributed by atoms with Crippen LogP contribution in [0.4, 0.5) is 13.2 Å². The summed E-state index contributed by atoms with van der Waals surface area (Å²) < 4.78 is 72.5. The molecule has 0 bridgehead atoms. The van der Waals surface area contributed by atoms with Crippen molar-refractivity contribution < 1.29 is 35.6 Å². The molecule has 2 aromatic rings. The van der Waals surface area contributed by atoms with Crippen LogP contribution in [0.15, 0.2) is 39.8 Å². The molecule has 0 unspecified atom stereocenters. The summed E-state index contributed by atoms with van der Waals surface area (Å²) in [5, 5.41) is 13.4. The zero-order valence-electron chi connectivity index (χ0n) is 19.3. The number of ether oxygens (including phenoxy) is 1. The standard InChI is InChI=1S/C21H26F3N5O5S/c1-4-29(5-2)9-10-33-18(30)13-26-16(12-17(25)21(22,23)24)20-27-19(28-34-20)14-7-6-8-15(11-14)35(3,31)32/h6-8,11-12,25-26H,4-5,9-10,13H2,1-3H3/b16-12-,25-17?. The van der Waals surface area contributed by atoms with Gasteiger partial charge in [-0.1, -0.05) is 31.1 Å². The predicted octanol–water partition coefficient (Wildman–Crippen LogP) is 2.54. The second-order valence-electron chi connectivity index (χ2n) is 7.29. The molecule has 0 amide bonds. The van der Waals surface area contributed by atoms with E-state index >= 15 is 0 Å². The third-order valence-electron chi connectivity index (χ3n) is 4.76. The van der Waals surface area contributed by atoms with E-state index in [0.717, 1.165) is 19.3 Å². The number of benzene rings is 1. The van der Waals surface area contributed by atoms with E-state index in [9.17, 15) is 26.4 Å². The summed E-state index contributed by atoms with van der Waals surface area (Å²) in [5.74, 6) is -1.27. The molecule has 0 aliphatic heterocycles. The van der Waals surface area contributed by atoms with E-state index in [4.69, 9.17) is 14.7 Å². The van der Waals surface area contributed by atoms with E-state index in [0.29, 0.717) is 12.6 Å². The van der Waals surface area contributed by atoms with Gasteiger partial charge in [0.05, 0.1) is 4.90 Å². The number of esters is 1. The lowest BCUT2D eigenvalue weighted by Gasteiger charge is -2.17. The summed E-state index contributed by atoms with van der Waals surface area (Å²) in [7, 11) is -3.53. The monoisotopic (exact) mass is 517 g/mol. The molecule has 2 N–H and O–H groups in total. The molecule has 0 radical (unpaired) electrons. The molecular weight excluding hydrogens is 491 g/mol. The SMILES string of the molecule is CCN(CC)CCOC(=O)CN/C(=C\C(=N)C(F)(F)F)c1nc(-c2cccc(S(C)(=O)=O)c2)no1. The van der Waals surface area contributed by atoms with Gasteiger partial charge < -0.3 is 19.5 Å². The molecule has 0 aliphatic carbocycles. The van der Waals surface area contributed by atoms with Gasteiger partial charge in [0.2, 0.25) is 5.82 Å². The lowest BCUT2D eigenvalue weighted by Crippen LogP contribution is -2.30. The Labute approximate surface area is 200 Å². The normalized spacial score (nSPS) is 12.6. The Morgan fingerprint density at radius 2 is 1.97 bits per heavy atom. The van der Waals surface area contributed by atoms with Gasteiger partial charge in [-0.2, -0.15) is 18.2 Å². The minimum atomic E-state index is -4.95. The van der Waals surface area contributed by atoms with Gasteiger partial charge in [-0.3, -0.25) is 10.2 Å². The molecular formula is C21H26F3N5O5S. The molecule has 0 fully saturated rings. The Morgan fingerprint density at radius 3 is 2.57 bits per heavy atom. The second-order valence-corrected chi connectivity index (χ2v) is 9.31. The first-order valence-corrected chi connectivity index (χ1v) is 12.4. The number of halogens is 3. The van der Waals surface area contributed by atoms with Gasteiger partial charge in [-0.15, -0.1) is 0 Å². The third-order valence-corrected chi connectivity index (χ3v) is 5.87. The van der Waals surface area contributed by atoms with Gasteiger partial charge in [0.1, 0.15) is 24.6 Å². The third kappa shape index (κ3) is 8.47. The molecule has 10 nitrogen and oxygen atoms in total. The molecule has 35 heavy (non-hydrogen) atoms. The number of aromatic nitrogens is 2. The molecule has 2 rings (SSSR count). The highest BCUT2D eigenvalue weighted by molar-refractivity contribution is 7.90. The van der Waals surface area contributed by atoms with Gasteiger partial charge in [-0.25, -0.2) is 8.42 Å². The fraction of sp³-hybridized carbons (Fsp3) is 0.429. The Bertz CT molecular complexity index is 1170. The number of rotatable bonds is 12. The van der Waals surface area contributed by atoms with Crippen molar-refractivity contribution in [2.45, 2.75) is 24.9 Å². The Kier molecular flexibility index (Phi) is 9.54. The maximum absolute atomic E-state index is 12.9. The van der Waals surface area contributed by atoms with Crippen LogP contribution in [0.25, 0.3) is 17.1 Å². The van der Waals surface area contributed by atoms with Crippen LogP contribution in [-0.2, 0) is 19.4 Å². The van der Waals surface area contributed by atoms with Crippen molar-refractivity contribution >= 4 is 27.2 Å². The zero-order valence-corrected chi connectivity index (χ0v) is 20.2. The number of allylic oxidation sites excluding steroid dienone is 1. The lowest BCUT2D eigenvalue weighted by atomic mass is 10.2. The van der Waals surface area contributed by atoms with Crippen molar-refractivity contribution in [2.75, 3.05) is 39.0 Å². The molecule has 0 aliphatic rings. The summed E-state index contributed by atoms with van der Waals surface area (Å²) in [6.45, 7) is 5.53. The highest BCUT2D eigenvalue weighted by Crippen LogP contribution is 2.23. The van der Waals surface area contributed by atoms with Crippen LogP contribution in [0, 0.1) is 5.41 Å². The predicted molar refractivity (Wildman–Crippen MR) is 121 cm³/mol. The van der Waals surface area contributed by atoms with Gasteiger partial charge in [0.15, 0.2) is 9.84 Å². The van der Waals surface area contributed by atoms with Gasteiger partial charge in [-0.05, 0) is 31.3 Å². The van der Waals surface area contributed by atoms with E-state index in [1.807, 2.05) is 18.7 Å². The zero-order chi connectivity index (χ0) is 26.2. The van der Waals surface area contributed by atoms with Crippen molar-refractivity contribution in [3.05, 3.63) is 36.2 Å². The molecule has 1 aromatic heterocycles. The maximum Gasteiger partial charge on any atom is 0.432 e. The van der Waals surface area contributed by atoms with E-state index in [2.05, 4.69) is 15.5 Å². The number of nitrogens with zero attached hydrogens (tertiary/aromatic N) is 3. The molecule has 14 heteroatoms. The van der Waals surface area contributed by atoms with Crippen LogP contribution in [0.2, 0.25) is 0 Å². The molecule has 0 saturated heterocycles. The van der Waals surface area contributed by atoms with E-state index in [1.54, 1.807) is 0 Å². The van der Waals surface area contributed by atoms with Crippen LogP contribution in [0.1, 0.15) is 19.7 Å². The molecule has 0 saturated carbocycles. The number of carbonyl (C=O) groups excluding carboxylic acids is 1. The quantitative estimate of drug-likeness (QED) is 0.321. The average Bonchev–Trinajstić information content (AvgIpc) is 3.28. The molecule has 1 aromatic carbocycles. The fourth-order valence-electron chi connectivity index (χ4n) is 2.78. The minimum Gasteiger partial charge on any atom is -0.463 e. The van der Waals surface area contributed by atoms with Crippen LogP contribution in [0.5, 0.6) is 0 Å². The van der Waals surface area contributed by atoms with Gasteiger partial charge >= 0.3 is 12.1 Å². The smallest absolute Gasteiger partial charge is 0.432 e. The Morgan fingerprint density at radius 1 is 1.29 bits per heavy atom. The van der Waals surface area contributed by atoms with E-state index < -0.39 is 45.8 Å². The van der Waals surface area contributed by atoms with Crippen molar-refractivity contribution in [1.29, 1.82) is 5.41 Å². The topological polar surface area (TPSA) is 138 Å². The minimum absolute atomic E-state index is 0.0125. The number of likely N-dealkylation sites (N-methyl/N-ethyl adjacent to an activating group) is 1. The summed E-state index contributed by atoms with van der Waals surface area (Å²) in [4.78, 5) is 18.1. The fourth-order valence-corrected chi connectivity index (χ4v) is 3.44. The van der Waals surface area contributed by atoms with Gasteiger partial charge in [0.25, 0.3) is 5.89 Å². The number of hydrogen-bond donors (Lipinski definition) is 2. The first-order chi connectivity index (χ1) is 16.3. The van der Waals surface area contributed by atoms with Crippen molar-refractivity contribution in [1.82, 2.24) is 20.4 Å². The number of sulfone groups is 1. The average molecular weight is 518 g/mol. The maximum atomic E-state index is 12.9. The number of hydrogen-bond acceptors (Lipinski definition) is 10.